The largest absolute Gasteiger partial charge is 0.359 e. The van der Waals surface area contributed by atoms with Gasteiger partial charge in [0.05, 0.1) is 5.69 Å². The van der Waals surface area contributed by atoms with Crippen LogP contribution in [0.3, 0.4) is 0 Å². The quantitative estimate of drug-likeness (QED) is 0.483. The third-order valence-electron chi connectivity index (χ3n) is 0.952. The van der Waals surface area contributed by atoms with Gasteiger partial charge in [-0.2, -0.15) is 0 Å². The topological polar surface area (TPSA) is 44.5 Å². The van der Waals surface area contributed by atoms with Gasteiger partial charge in [0.1, 0.15) is 29.6 Å². The summed E-state index contributed by atoms with van der Waals surface area (Å²) in [6.07, 6.45) is 0. The number of hydrogen-bond donors (Lipinski definition) is 0. The summed E-state index contributed by atoms with van der Waals surface area (Å²) in [4.78, 5) is 0. The van der Waals surface area contributed by atoms with Gasteiger partial charge in [-0.05, 0) is 6.92 Å². The van der Waals surface area contributed by atoms with E-state index in [2.05, 4.69) is 7.67 Å². The van der Waals surface area contributed by atoms with E-state index in [0.717, 1.165) is 18.0 Å². The van der Waals surface area contributed by atoms with Crippen LogP contribution < -0.4 is 0 Å². The molecule has 0 aliphatic heterocycles. The fraction of sp³-hybridized carbons (Fsp3) is 0.400. The first kappa shape index (κ1) is 9.30. The number of aryl methyl sites for hydroxylation is 1. The number of rotatable bonds is 4. The second kappa shape index (κ2) is 4.96. The average molecular weight is 287 g/mol. The second-order valence-electron chi connectivity index (χ2n) is 1.83. The maximum Gasteiger partial charge on any atom is 0.169 e. The van der Waals surface area contributed by atoms with Crippen LogP contribution in [0.2, 0.25) is 0 Å². The molecule has 0 aromatic carbocycles. The highest BCUT2D eigenvalue weighted by Gasteiger charge is 1.99. The Bertz CT molecular complexity index is 217. The van der Waals surface area contributed by atoms with Crippen molar-refractivity contribution in [1.82, 2.24) is 5.16 Å². The van der Waals surface area contributed by atoms with Crippen LogP contribution in [0.15, 0.2) is 10.6 Å². The molecule has 1 rings (SSSR count). The molecule has 1 heterocycles. The van der Waals surface area contributed by atoms with Crippen molar-refractivity contribution in [2.24, 2.45) is 0 Å². The molecule has 0 N–H and O–H groups in total. The Morgan fingerprint density at radius 3 is 3.18 bits per heavy atom. The smallest absolute Gasteiger partial charge is 0.169 e. The van der Waals surface area contributed by atoms with Crippen molar-refractivity contribution in [2.75, 3.05) is 0 Å². The molecule has 11 heavy (non-hydrogen) atoms. The molecule has 0 fully saturated rings. The van der Waals surface area contributed by atoms with Crippen molar-refractivity contribution in [3.8, 4) is 0 Å². The average Bonchev–Trinajstić information content (AvgIpc) is 2.37. The molecule has 0 unspecified atom stereocenters. The minimum atomic E-state index is 0.370. The minimum absolute atomic E-state index is 0.370. The van der Waals surface area contributed by atoms with Crippen molar-refractivity contribution < 1.29 is 11.2 Å². The molecular weight excluding hydrogens is 281 g/mol. The van der Waals surface area contributed by atoms with Crippen molar-refractivity contribution in [3.05, 3.63) is 17.5 Å². The van der Waals surface area contributed by atoms with Gasteiger partial charge in [0.15, 0.2) is 18.1 Å². The van der Waals surface area contributed by atoms with E-state index in [-0.39, 0.29) is 0 Å². The maximum atomic E-state index is 4.94. The van der Waals surface area contributed by atoms with E-state index in [0.29, 0.717) is 12.4 Å². The highest BCUT2D eigenvalue weighted by molar-refractivity contribution is 14.1. The summed E-state index contributed by atoms with van der Waals surface area (Å²) < 4.78 is 14.4. The van der Waals surface area contributed by atoms with Crippen LogP contribution in [-0.4, -0.2) is 5.16 Å². The second-order valence-corrected chi connectivity index (χ2v) is 3.40. The molecule has 0 saturated heterocycles. The van der Waals surface area contributed by atoms with E-state index in [4.69, 9.17) is 8.71 Å². The molecule has 1 aromatic heterocycles. The number of nitrogens with zero attached hydrogens (tertiary/aromatic N) is 1. The van der Waals surface area contributed by atoms with Crippen LogP contribution in [-0.2, 0) is 13.3 Å². The number of aromatic nitrogens is 1. The molecule has 0 aliphatic rings. The SMILES string of the molecule is Cc1cc(COSOI)on1. The van der Waals surface area contributed by atoms with Crippen LogP contribution in [0, 0.1) is 6.92 Å². The van der Waals surface area contributed by atoms with Crippen LogP contribution in [0.1, 0.15) is 11.5 Å². The summed E-state index contributed by atoms with van der Waals surface area (Å²) in [7, 11) is 0. The standard InChI is InChI=1S/C5H6INO3S/c1-4-2-5(9-7-4)3-8-11-10-6/h2H,3H2,1H3. The third-order valence-corrected chi connectivity index (χ3v) is 1.66. The van der Waals surface area contributed by atoms with Gasteiger partial charge >= 0.3 is 0 Å². The summed E-state index contributed by atoms with van der Waals surface area (Å²) in [6.45, 7) is 2.23. The van der Waals surface area contributed by atoms with Gasteiger partial charge < -0.3 is 4.52 Å². The zero-order valence-corrected chi connectivity index (χ0v) is 8.72. The minimum Gasteiger partial charge on any atom is -0.359 e. The van der Waals surface area contributed by atoms with Crippen molar-refractivity contribution in [3.63, 3.8) is 0 Å². The monoisotopic (exact) mass is 287 g/mol. The predicted molar refractivity (Wildman–Crippen MR) is 48.7 cm³/mol. The molecule has 0 aliphatic carbocycles. The van der Waals surface area contributed by atoms with E-state index >= 15 is 0 Å². The molecule has 0 radical (unpaired) electrons. The molecular formula is C5H6INO3S. The summed E-state index contributed by atoms with van der Waals surface area (Å²) >= 11 is 2.64. The lowest BCUT2D eigenvalue weighted by molar-refractivity contribution is 0.273. The van der Waals surface area contributed by atoms with E-state index in [1.54, 1.807) is 23.0 Å². The van der Waals surface area contributed by atoms with E-state index in [1.807, 2.05) is 13.0 Å². The van der Waals surface area contributed by atoms with Crippen molar-refractivity contribution in [1.29, 1.82) is 0 Å². The zero-order chi connectivity index (χ0) is 8.10. The van der Waals surface area contributed by atoms with Gasteiger partial charge in [-0.15, -0.1) is 0 Å². The Morgan fingerprint density at radius 2 is 2.64 bits per heavy atom. The normalized spacial score (nSPS) is 10.4. The van der Waals surface area contributed by atoms with Crippen LogP contribution in [0.5, 0.6) is 0 Å². The van der Waals surface area contributed by atoms with E-state index < -0.39 is 0 Å². The molecule has 1 aromatic rings. The van der Waals surface area contributed by atoms with E-state index in [9.17, 15) is 0 Å². The number of halogens is 1. The Balaban J connectivity index is 2.27. The lowest BCUT2D eigenvalue weighted by Gasteiger charge is -1.92. The molecule has 4 nitrogen and oxygen atoms in total. The molecule has 0 amide bonds. The summed E-state index contributed by atoms with van der Waals surface area (Å²) in [6, 6.07) is 1.81. The highest BCUT2D eigenvalue weighted by atomic mass is 127. The predicted octanol–water partition coefficient (Wildman–Crippen LogP) is 2.43. The first-order valence-electron chi connectivity index (χ1n) is 2.82. The molecule has 6 heteroatoms. The highest BCUT2D eigenvalue weighted by Crippen LogP contribution is 2.13. The lowest BCUT2D eigenvalue weighted by atomic mass is 10.4. The van der Waals surface area contributed by atoms with Crippen molar-refractivity contribution in [2.45, 2.75) is 13.5 Å². The molecule has 0 spiro atoms. The van der Waals surface area contributed by atoms with Crippen LogP contribution >= 0.6 is 35.3 Å². The van der Waals surface area contributed by atoms with Gasteiger partial charge in [-0.25, -0.2) is 2.51 Å². The fourth-order valence-corrected chi connectivity index (χ4v) is 1.10. The first-order chi connectivity index (χ1) is 5.33. The van der Waals surface area contributed by atoms with Crippen LogP contribution in [0.25, 0.3) is 0 Å². The summed E-state index contributed by atoms with van der Waals surface area (Å²) in [5.74, 6) is 0.698. The van der Waals surface area contributed by atoms with Gasteiger partial charge in [-0.3, -0.25) is 4.18 Å². The Kier molecular flexibility index (Phi) is 4.20. The van der Waals surface area contributed by atoms with Gasteiger partial charge in [0.25, 0.3) is 0 Å². The van der Waals surface area contributed by atoms with Gasteiger partial charge in [0.2, 0.25) is 0 Å². The summed E-state index contributed by atoms with van der Waals surface area (Å²) in [5.41, 5.74) is 0.851. The molecule has 0 saturated carbocycles. The Morgan fingerprint density at radius 1 is 1.82 bits per heavy atom. The molecule has 0 bridgehead atoms. The third kappa shape index (κ3) is 3.41. The van der Waals surface area contributed by atoms with E-state index in [1.165, 1.54) is 0 Å². The molecule has 0 atom stereocenters. The number of hydrogen-bond acceptors (Lipinski definition) is 5. The first-order valence-corrected chi connectivity index (χ1v) is 4.36. The zero-order valence-electron chi connectivity index (χ0n) is 5.74. The lowest BCUT2D eigenvalue weighted by Crippen LogP contribution is -1.80. The van der Waals surface area contributed by atoms with Crippen LogP contribution in [0.4, 0.5) is 0 Å². The Labute approximate surface area is 82.7 Å². The van der Waals surface area contributed by atoms with Gasteiger partial charge in [-0.1, -0.05) is 5.16 Å². The molecule has 62 valence electrons. The van der Waals surface area contributed by atoms with Gasteiger partial charge in [0, 0.05) is 6.07 Å². The summed E-state index contributed by atoms with van der Waals surface area (Å²) in [5, 5.41) is 3.69. The fourth-order valence-electron chi connectivity index (χ4n) is 0.585. The Hall–Kier alpha value is 0.210. The maximum absolute atomic E-state index is 4.94. The van der Waals surface area contributed by atoms with Crippen molar-refractivity contribution >= 4 is 35.3 Å².